The molecule has 1 aromatic carbocycles. The predicted octanol–water partition coefficient (Wildman–Crippen LogP) is 1.49. The minimum atomic E-state index is -0.465. The first kappa shape index (κ1) is 14.3. The van der Waals surface area contributed by atoms with Gasteiger partial charge in [-0.15, -0.1) is 0 Å². The van der Waals surface area contributed by atoms with E-state index in [9.17, 15) is 9.59 Å². The Morgan fingerprint density at radius 3 is 2.86 bits per heavy atom. The average Bonchev–Trinajstić information content (AvgIpc) is 3.09. The van der Waals surface area contributed by atoms with E-state index in [1.54, 1.807) is 6.20 Å². The third-order valence-electron chi connectivity index (χ3n) is 3.73. The number of anilines is 1. The van der Waals surface area contributed by atoms with Crippen LogP contribution < -0.4 is 5.32 Å². The zero-order valence-electron chi connectivity index (χ0n) is 12.4. The molecule has 1 fully saturated rings. The van der Waals surface area contributed by atoms with E-state index in [1.165, 1.54) is 4.90 Å². The molecule has 2 amide bonds. The predicted molar refractivity (Wildman–Crippen MR) is 82.2 cm³/mol. The summed E-state index contributed by atoms with van der Waals surface area (Å²) in [5.41, 5.74) is 1.92. The molecule has 2 aromatic rings. The lowest BCUT2D eigenvalue weighted by Gasteiger charge is -2.14. The Balaban J connectivity index is 1.71. The third-order valence-corrected chi connectivity index (χ3v) is 3.73. The number of carbonyl (C=O) groups excluding carboxylic acids is 2. The molecule has 0 saturated carbocycles. The van der Waals surface area contributed by atoms with Crippen molar-refractivity contribution >= 4 is 17.5 Å². The number of aromatic nitrogens is 2. The number of likely N-dealkylation sites (tertiary alicyclic amines) is 1. The quantitative estimate of drug-likeness (QED) is 0.849. The zero-order valence-corrected chi connectivity index (χ0v) is 12.4. The van der Waals surface area contributed by atoms with Crippen molar-refractivity contribution in [1.29, 1.82) is 0 Å². The van der Waals surface area contributed by atoms with Gasteiger partial charge in [-0.2, -0.15) is 5.10 Å². The Morgan fingerprint density at radius 2 is 2.18 bits per heavy atom. The number of hydrogen-bond donors (Lipinski definition) is 1. The van der Waals surface area contributed by atoms with Crippen LogP contribution in [0.15, 0.2) is 42.7 Å². The van der Waals surface area contributed by atoms with Gasteiger partial charge in [-0.05, 0) is 30.7 Å². The largest absolute Gasteiger partial charge is 0.373 e. The lowest BCUT2D eigenvalue weighted by atomic mass is 10.1. The van der Waals surface area contributed by atoms with Gasteiger partial charge in [-0.3, -0.25) is 19.2 Å². The van der Waals surface area contributed by atoms with Crippen LogP contribution in [0, 0.1) is 0 Å². The summed E-state index contributed by atoms with van der Waals surface area (Å²) >= 11 is 0. The molecule has 0 radical (unpaired) electrons. The van der Waals surface area contributed by atoms with E-state index in [4.69, 9.17) is 0 Å². The number of carbonyl (C=O) groups is 2. The summed E-state index contributed by atoms with van der Waals surface area (Å²) in [6, 6.07) is 9.23. The third kappa shape index (κ3) is 2.86. The van der Waals surface area contributed by atoms with Crippen LogP contribution in [0.3, 0.4) is 0 Å². The molecule has 114 valence electrons. The van der Waals surface area contributed by atoms with Crippen molar-refractivity contribution in [3.63, 3.8) is 0 Å². The number of nitrogens with zero attached hydrogens (tertiary/aromatic N) is 3. The second kappa shape index (κ2) is 6.01. The molecule has 0 unspecified atom stereocenters. The fourth-order valence-electron chi connectivity index (χ4n) is 2.67. The topological polar surface area (TPSA) is 67.2 Å². The van der Waals surface area contributed by atoms with Crippen molar-refractivity contribution in [2.24, 2.45) is 0 Å². The van der Waals surface area contributed by atoms with Crippen molar-refractivity contribution in [3.05, 3.63) is 48.3 Å². The highest BCUT2D eigenvalue weighted by Crippen LogP contribution is 2.19. The fraction of sp³-hybridized carbons (Fsp3) is 0.312. The molecule has 1 aromatic heterocycles. The molecule has 3 rings (SSSR count). The summed E-state index contributed by atoms with van der Waals surface area (Å²) in [6.07, 6.45) is 3.86. The Labute approximate surface area is 128 Å². The first-order chi connectivity index (χ1) is 10.7. The van der Waals surface area contributed by atoms with E-state index in [0.29, 0.717) is 13.1 Å². The van der Waals surface area contributed by atoms with Gasteiger partial charge in [0.2, 0.25) is 5.91 Å². The molecule has 1 saturated heterocycles. The van der Waals surface area contributed by atoms with E-state index >= 15 is 0 Å². The van der Waals surface area contributed by atoms with Gasteiger partial charge in [0, 0.05) is 24.6 Å². The van der Waals surface area contributed by atoms with E-state index in [-0.39, 0.29) is 18.2 Å². The molecule has 0 bridgehead atoms. The number of nitrogens with one attached hydrogen (secondary N) is 1. The highest BCUT2D eigenvalue weighted by molar-refractivity contribution is 6.06. The van der Waals surface area contributed by atoms with E-state index in [1.807, 2.05) is 48.1 Å². The van der Waals surface area contributed by atoms with E-state index < -0.39 is 6.04 Å². The number of likely N-dealkylation sites (N-methyl/N-ethyl adjacent to an activating group) is 1. The Bertz CT molecular complexity index is 681. The molecule has 6 nitrogen and oxygen atoms in total. The maximum Gasteiger partial charge on any atom is 0.252 e. The second-order valence-corrected chi connectivity index (χ2v) is 5.28. The van der Waals surface area contributed by atoms with Crippen LogP contribution in [0.4, 0.5) is 5.69 Å². The molecule has 0 spiro atoms. The van der Waals surface area contributed by atoms with Crippen LogP contribution in [0.2, 0.25) is 0 Å². The lowest BCUT2D eigenvalue weighted by molar-refractivity contribution is -0.138. The van der Waals surface area contributed by atoms with Crippen LogP contribution in [0.1, 0.15) is 18.9 Å². The molecule has 1 aliphatic heterocycles. The van der Waals surface area contributed by atoms with E-state index in [2.05, 4.69) is 10.4 Å². The van der Waals surface area contributed by atoms with Crippen LogP contribution >= 0.6 is 0 Å². The summed E-state index contributed by atoms with van der Waals surface area (Å²) in [5.74, 6) is -0.261. The monoisotopic (exact) mass is 298 g/mol. The minimum absolute atomic E-state index is 0.113. The Kier molecular flexibility index (Phi) is 3.91. The van der Waals surface area contributed by atoms with Crippen LogP contribution in [-0.4, -0.2) is 39.1 Å². The zero-order chi connectivity index (χ0) is 15.5. The van der Waals surface area contributed by atoms with Gasteiger partial charge in [0.1, 0.15) is 6.04 Å². The van der Waals surface area contributed by atoms with Crippen LogP contribution in [0.5, 0.6) is 0 Å². The normalized spacial score (nSPS) is 18.0. The number of amides is 2. The maximum atomic E-state index is 12.1. The summed E-state index contributed by atoms with van der Waals surface area (Å²) < 4.78 is 1.84. The van der Waals surface area contributed by atoms with Gasteiger partial charge in [0.15, 0.2) is 0 Å². The molecule has 1 N–H and O–H groups in total. The van der Waals surface area contributed by atoms with Crippen LogP contribution in [-0.2, 0) is 16.1 Å². The number of benzene rings is 1. The summed E-state index contributed by atoms with van der Waals surface area (Å²) in [4.78, 5) is 25.2. The van der Waals surface area contributed by atoms with E-state index in [0.717, 1.165) is 11.3 Å². The molecule has 1 atom stereocenters. The average molecular weight is 298 g/mol. The van der Waals surface area contributed by atoms with Gasteiger partial charge in [-0.25, -0.2) is 0 Å². The first-order valence-electron chi connectivity index (χ1n) is 7.34. The highest BCUT2D eigenvalue weighted by Gasteiger charge is 2.37. The minimum Gasteiger partial charge on any atom is -0.373 e. The SMILES string of the molecule is CCN1C(=O)C[C@@H](Nc2cccc(Cn3cccn3)c2)C1=O. The molecular weight excluding hydrogens is 280 g/mol. The smallest absolute Gasteiger partial charge is 0.252 e. The van der Waals surface area contributed by atoms with Crippen LogP contribution in [0.25, 0.3) is 0 Å². The van der Waals surface area contributed by atoms with Crippen molar-refractivity contribution < 1.29 is 9.59 Å². The molecule has 1 aliphatic rings. The van der Waals surface area contributed by atoms with Crippen molar-refractivity contribution in [2.75, 3.05) is 11.9 Å². The van der Waals surface area contributed by atoms with Gasteiger partial charge in [-0.1, -0.05) is 12.1 Å². The van der Waals surface area contributed by atoms with Crippen molar-refractivity contribution in [2.45, 2.75) is 25.9 Å². The van der Waals surface area contributed by atoms with Gasteiger partial charge >= 0.3 is 0 Å². The number of hydrogen-bond acceptors (Lipinski definition) is 4. The fourth-order valence-corrected chi connectivity index (χ4v) is 2.67. The summed E-state index contributed by atoms with van der Waals surface area (Å²) in [6.45, 7) is 2.90. The number of rotatable bonds is 5. The Hall–Kier alpha value is -2.63. The second-order valence-electron chi connectivity index (χ2n) is 5.28. The maximum absolute atomic E-state index is 12.1. The first-order valence-corrected chi connectivity index (χ1v) is 7.34. The summed E-state index contributed by atoms with van der Waals surface area (Å²) in [5, 5.41) is 7.34. The highest BCUT2D eigenvalue weighted by atomic mass is 16.2. The lowest BCUT2D eigenvalue weighted by Crippen LogP contribution is -2.34. The van der Waals surface area contributed by atoms with Gasteiger partial charge < -0.3 is 5.32 Å². The molecule has 22 heavy (non-hydrogen) atoms. The van der Waals surface area contributed by atoms with Gasteiger partial charge in [0.05, 0.1) is 13.0 Å². The standard InChI is InChI=1S/C16H18N4O2/c1-2-20-15(21)10-14(16(20)22)18-13-6-3-5-12(9-13)11-19-8-4-7-17-19/h3-9,14,18H,2,10-11H2,1H3/t14-/m1/s1. The molecular formula is C16H18N4O2. The number of imide groups is 1. The molecule has 2 heterocycles. The molecule has 0 aliphatic carbocycles. The van der Waals surface area contributed by atoms with Crippen molar-refractivity contribution in [3.8, 4) is 0 Å². The van der Waals surface area contributed by atoms with Crippen molar-refractivity contribution in [1.82, 2.24) is 14.7 Å². The molecule has 6 heteroatoms. The Morgan fingerprint density at radius 1 is 1.32 bits per heavy atom. The summed E-state index contributed by atoms with van der Waals surface area (Å²) in [7, 11) is 0. The van der Waals surface area contributed by atoms with Gasteiger partial charge in [0.25, 0.3) is 5.91 Å².